The highest BCUT2D eigenvalue weighted by molar-refractivity contribution is 5.70. The normalized spacial score (nSPS) is 11.3. The maximum Gasteiger partial charge on any atom is 0.573 e. The molecule has 0 atom stereocenters. The molecule has 0 bridgehead atoms. The third-order valence-electron chi connectivity index (χ3n) is 4.71. The fourth-order valence-corrected chi connectivity index (χ4v) is 3.16. The highest BCUT2D eigenvalue weighted by Gasteiger charge is 2.30. The lowest BCUT2D eigenvalue weighted by molar-refractivity contribution is -0.274. The summed E-state index contributed by atoms with van der Waals surface area (Å²) >= 11 is 0. The molecule has 5 heteroatoms. The van der Waals surface area contributed by atoms with Crippen molar-refractivity contribution in [1.29, 1.82) is 0 Å². The molecule has 0 saturated heterocycles. The first kappa shape index (κ1) is 20.8. The molecule has 3 aromatic rings. The first-order valence-corrected chi connectivity index (χ1v) is 9.65. The lowest BCUT2D eigenvalue weighted by Crippen LogP contribution is -2.16. The molecule has 0 amide bonds. The summed E-state index contributed by atoms with van der Waals surface area (Å²) in [5.74, 6) is -0.217. The Bertz CT molecular complexity index is 906. The molecule has 0 radical (unpaired) electrons. The largest absolute Gasteiger partial charge is 0.573 e. The minimum absolute atomic E-state index is 0.217. The molecule has 152 valence electrons. The Labute approximate surface area is 169 Å². The van der Waals surface area contributed by atoms with E-state index in [1.165, 1.54) is 17.7 Å². The number of halogens is 3. The summed E-state index contributed by atoms with van der Waals surface area (Å²) in [4.78, 5) is 0. The van der Waals surface area contributed by atoms with Crippen LogP contribution in [0.5, 0.6) is 5.75 Å². The van der Waals surface area contributed by atoms with Crippen LogP contribution >= 0.6 is 0 Å². The van der Waals surface area contributed by atoms with Crippen molar-refractivity contribution in [3.63, 3.8) is 0 Å². The first-order chi connectivity index (χ1) is 13.9. The van der Waals surface area contributed by atoms with Crippen molar-refractivity contribution >= 4 is 5.69 Å². The van der Waals surface area contributed by atoms with Crippen molar-refractivity contribution in [3.05, 3.63) is 83.9 Å². The Hall–Kier alpha value is -2.95. The first-order valence-electron chi connectivity index (χ1n) is 9.65. The van der Waals surface area contributed by atoms with Gasteiger partial charge in [0, 0.05) is 12.2 Å². The summed E-state index contributed by atoms with van der Waals surface area (Å²) in [6.07, 6.45) is -1.45. The van der Waals surface area contributed by atoms with E-state index in [1.54, 1.807) is 12.1 Å². The number of ether oxygens (including phenoxy) is 1. The van der Waals surface area contributed by atoms with E-state index in [4.69, 9.17) is 0 Å². The van der Waals surface area contributed by atoms with Crippen LogP contribution in [0.15, 0.2) is 72.8 Å². The van der Waals surface area contributed by atoms with Gasteiger partial charge < -0.3 is 10.1 Å². The lowest BCUT2D eigenvalue weighted by atomic mass is 10.0. The second-order valence-electron chi connectivity index (χ2n) is 6.97. The number of nitrogens with one attached hydrogen (secondary N) is 1. The molecule has 0 aliphatic heterocycles. The average molecular weight is 399 g/mol. The van der Waals surface area contributed by atoms with Crippen LogP contribution in [0.4, 0.5) is 18.9 Å². The van der Waals surface area contributed by atoms with Gasteiger partial charge in [0.2, 0.25) is 0 Å². The highest BCUT2D eigenvalue weighted by Crippen LogP contribution is 2.29. The van der Waals surface area contributed by atoms with Gasteiger partial charge in [-0.2, -0.15) is 0 Å². The Morgan fingerprint density at radius 1 is 0.828 bits per heavy atom. The van der Waals surface area contributed by atoms with Crippen LogP contribution in [0.1, 0.15) is 24.0 Å². The number of anilines is 1. The van der Waals surface area contributed by atoms with E-state index in [-0.39, 0.29) is 5.75 Å². The molecule has 1 N–H and O–H groups in total. The van der Waals surface area contributed by atoms with E-state index in [9.17, 15) is 13.2 Å². The van der Waals surface area contributed by atoms with Gasteiger partial charge in [-0.25, -0.2) is 0 Å². The fourth-order valence-electron chi connectivity index (χ4n) is 3.16. The van der Waals surface area contributed by atoms with E-state index in [0.717, 1.165) is 48.2 Å². The minimum Gasteiger partial charge on any atom is -0.406 e. The number of benzene rings is 3. The molecule has 0 unspecified atom stereocenters. The molecule has 0 aliphatic rings. The van der Waals surface area contributed by atoms with Crippen LogP contribution in [0, 0.1) is 6.92 Å². The molecule has 0 heterocycles. The smallest absolute Gasteiger partial charge is 0.406 e. The van der Waals surface area contributed by atoms with Gasteiger partial charge in [0.05, 0.1) is 0 Å². The van der Waals surface area contributed by atoms with E-state index < -0.39 is 6.36 Å². The second kappa shape index (κ2) is 9.50. The molecule has 0 saturated carbocycles. The van der Waals surface area contributed by atoms with E-state index in [2.05, 4.69) is 34.3 Å². The van der Waals surface area contributed by atoms with Crippen LogP contribution in [-0.4, -0.2) is 12.9 Å². The SMILES string of the molecule is Cc1ccc(-c2ccc(OC(F)(F)F)cc2)cc1NCCCCc1ccccc1. The van der Waals surface area contributed by atoms with Crippen LogP contribution < -0.4 is 10.1 Å². The highest BCUT2D eigenvalue weighted by atomic mass is 19.4. The monoisotopic (exact) mass is 399 g/mol. The third kappa shape index (κ3) is 6.56. The number of hydrogen-bond donors (Lipinski definition) is 1. The predicted molar refractivity (Wildman–Crippen MR) is 111 cm³/mol. The Kier molecular flexibility index (Phi) is 6.81. The summed E-state index contributed by atoms with van der Waals surface area (Å²) in [5.41, 5.74) is 5.31. The van der Waals surface area contributed by atoms with Gasteiger partial charge >= 0.3 is 6.36 Å². The van der Waals surface area contributed by atoms with Crippen LogP contribution in [0.2, 0.25) is 0 Å². The molecule has 29 heavy (non-hydrogen) atoms. The van der Waals surface area contributed by atoms with Crippen molar-refractivity contribution in [2.45, 2.75) is 32.5 Å². The lowest BCUT2D eigenvalue weighted by Gasteiger charge is -2.13. The van der Waals surface area contributed by atoms with Crippen LogP contribution in [-0.2, 0) is 6.42 Å². The van der Waals surface area contributed by atoms with Gasteiger partial charge in [0.1, 0.15) is 5.75 Å². The topological polar surface area (TPSA) is 21.3 Å². The summed E-state index contributed by atoms with van der Waals surface area (Å²) < 4.78 is 40.8. The molecule has 0 spiro atoms. The number of hydrogen-bond acceptors (Lipinski definition) is 2. The van der Waals surface area contributed by atoms with Gasteiger partial charge in [-0.05, 0) is 66.6 Å². The van der Waals surface area contributed by atoms with Gasteiger partial charge in [-0.3, -0.25) is 0 Å². The predicted octanol–water partition coefficient (Wildman–Crippen LogP) is 7.00. The van der Waals surface area contributed by atoms with Gasteiger partial charge in [-0.15, -0.1) is 13.2 Å². The quantitative estimate of drug-likeness (QED) is 0.412. The third-order valence-corrected chi connectivity index (χ3v) is 4.71. The van der Waals surface area contributed by atoms with Crippen LogP contribution in [0.25, 0.3) is 11.1 Å². The zero-order chi connectivity index (χ0) is 20.7. The van der Waals surface area contributed by atoms with Crippen molar-refractivity contribution in [1.82, 2.24) is 0 Å². The summed E-state index contributed by atoms with van der Waals surface area (Å²) in [6, 6.07) is 22.4. The number of rotatable bonds is 8. The minimum atomic E-state index is -4.68. The van der Waals surface area contributed by atoms with E-state index >= 15 is 0 Å². The van der Waals surface area contributed by atoms with E-state index in [1.807, 2.05) is 31.2 Å². The number of aryl methyl sites for hydroxylation is 2. The van der Waals surface area contributed by atoms with Gasteiger partial charge in [-0.1, -0.05) is 54.6 Å². The summed E-state index contributed by atoms with van der Waals surface area (Å²) in [5, 5.41) is 3.48. The molecule has 3 aromatic carbocycles. The summed E-state index contributed by atoms with van der Waals surface area (Å²) in [6.45, 7) is 2.91. The van der Waals surface area contributed by atoms with Crippen molar-refractivity contribution in [2.75, 3.05) is 11.9 Å². The zero-order valence-corrected chi connectivity index (χ0v) is 16.3. The molecule has 0 fully saturated rings. The van der Waals surface area contributed by atoms with Crippen molar-refractivity contribution < 1.29 is 17.9 Å². The summed E-state index contributed by atoms with van der Waals surface area (Å²) in [7, 11) is 0. The van der Waals surface area contributed by atoms with Gasteiger partial charge in [0.25, 0.3) is 0 Å². The van der Waals surface area contributed by atoms with Crippen molar-refractivity contribution in [2.24, 2.45) is 0 Å². The molecule has 2 nitrogen and oxygen atoms in total. The zero-order valence-electron chi connectivity index (χ0n) is 16.3. The van der Waals surface area contributed by atoms with Crippen molar-refractivity contribution in [3.8, 4) is 16.9 Å². The number of alkyl halides is 3. The maximum atomic E-state index is 12.3. The second-order valence-corrected chi connectivity index (χ2v) is 6.97. The number of unbranched alkanes of at least 4 members (excludes halogenated alkanes) is 1. The molecule has 0 aliphatic carbocycles. The molecular weight excluding hydrogens is 375 g/mol. The molecular formula is C24H24F3NO. The maximum absolute atomic E-state index is 12.3. The average Bonchev–Trinajstić information content (AvgIpc) is 2.69. The molecule has 0 aromatic heterocycles. The van der Waals surface area contributed by atoms with Crippen LogP contribution in [0.3, 0.4) is 0 Å². The Morgan fingerprint density at radius 2 is 1.52 bits per heavy atom. The van der Waals surface area contributed by atoms with Gasteiger partial charge in [0.15, 0.2) is 0 Å². The fraction of sp³-hybridized carbons (Fsp3) is 0.250. The Morgan fingerprint density at radius 3 is 2.21 bits per heavy atom. The Balaban J connectivity index is 1.56. The molecule has 3 rings (SSSR count). The standard InChI is InChI=1S/C24H24F3NO/c1-18-10-11-21(20-12-14-22(15-13-20)29-24(25,26)27)17-23(18)28-16-6-5-9-19-7-3-2-4-8-19/h2-4,7-8,10-15,17,28H,5-6,9,16H2,1H3. The van der Waals surface area contributed by atoms with E-state index in [0.29, 0.717) is 0 Å².